The molecule has 26 heavy (non-hydrogen) atoms. The molecule has 1 aromatic carbocycles. The van der Waals surface area contributed by atoms with Crippen LogP contribution in [0.3, 0.4) is 0 Å². The van der Waals surface area contributed by atoms with Crippen molar-refractivity contribution in [2.24, 2.45) is 4.99 Å². The van der Waals surface area contributed by atoms with Gasteiger partial charge >= 0.3 is 0 Å². The average molecular weight is 353 g/mol. The standard InChI is InChI=1S/C15H11N7O4/c1-8-11-12(14(24)20(2)13(8)23)19-21(15(18-11)17-7-16)9-5-3-4-6-10(9)22(25)26/h3-6,8H,1-2H3. The van der Waals surface area contributed by atoms with E-state index in [0.717, 1.165) is 9.58 Å². The molecule has 11 heteroatoms. The smallest absolute Gasteiger partial charge is 0.280 e. The number of imide groups is 1. The number of nitriles is 1. The fourth-order valence-electron chi connectivity index (χ4n) is 2.60. The van der Waals surface area contributed by atoms with E-state index in [9.17, 15) is 19.7 Å². The van der Waals surface area contributed by atoms with Crippen LogP contribution in [0.25, 0.3) is 5.69 Å². The van der Waals surface area contributed by atoms with E-state index < -0.39 is 22.7 Å². The number of nitro benzene ring substituents is 1. The van der Waals surface area contributed by atoms with Crippen LogP contribution in [0.15, 0.2) is 29.3 Å². The van der Waals surface area contributed by atoms with Crippen molar-refractivity contribution in [1.82, 2.24) is 19.7 Å². The lowest BCUT2D eigenvalue weighted by Crippen LogP contribution is -2.45. The van der Waals surface area contributed by atoms with E-state index in [1.165, 1.54) is 31.3 Å². The number of nitrogens with zero attached hydrogens (tertiary/aromatic N) is 7. The fourth-order valence-corrected chi connectivity index (χ4v) is 2.60. The molecular formula is C15H11N7O4. The molecule has 2 amide bonds. The molecule has 0 N–H and O–H groups in total. The largest absolute Gasteiger partial charge is 0.295 e. The van der Waals surface area contributed by atoms with Gasteiger partial charge in [0.1, 0.15) is 5.69 Å². The summed E-state index contributed by atoms with van der Waals surface area (Å²) in [5, 5.41) is 24.3. The maximum Gasteiger partial charge on any atom is 0.295 e. The monoisotopic (exact) mass is 353 g/mol. The summed E-state index contributed by atoms with van der Waals surface area (Å²) in [5.41, 5.74) is -0.641. The first-order chi connectivity index (χ1) is 12.4. The summed E-state index contributed by atoms with van der Waals surface area (Å²) in [6.45, 7) is 1.55. The SMILES string of the molecule is CC1C(=O)N(C)C(=O)c2nn(-c3ccccc3[N+](=O)[O-])c(=NC#N)nc21. The van der Waals surface area contributed by atoms with Crippen molar-refractivity contribution >= 4 is 17.5 Å². The topological polar surface area (TPSA) is 147 Å². The maximum atomic E-state index is 12.4. The predicted molar refractivity (Wildman–Crippen MR) is 84.7 cm³/mol. The first kappa shape index (κ1) is 16.9. The van der Waals surface area contributed by atoms with E-state index in [-0.39, 0.29) is 28.4 Å². The Kier molecular flexibility index (Phi) is 4.01. The minimum absolute atomic E-state index is 0.0122. The second-order valence-corrected chi connectivity index (χ2v) is 5.44. The molecule has 0 radical (unpaired) electrons. The molecule has 0 fully saturated rings. The minimum Gasteiger partial charge on any atom is -0.280 e. The summed E-state index contributed by atoms with van der Waals surface area (Å²) in [4.78, 5) is 43.7. The molecule has 0 saturated heterocycles. The van der Waals surface area contributed by atoms with Gasteiger partial charge in [-0.05, 0) is 13.0 Å². The highest BCUT2D eigenvalue weighted by molar-refractivity contribution is 6.09. The zero-order valence-corrected chi connectivity index (χ0v) is 13.7. The van der Waals surface area contributed by atoms with Gasteiger partial charge < -0.3 is 0 Å². The fraction of sp³-hybridized carbons (Fsp3) is 0.200. The lowest BCUT2D eigenvalue weighted by molar-refractivity contribution is -0.384. The number of para-hydroxylation sites is 2. The second kappa shape index (κ2) is 6.17. The Hall–Kier alpha value is -3.94. The Bertz CT molecular complexity index is 1070. The molecular weight excluding hydrogens is 342 g/mol. The van der Waals surface area contributed by atoms with Crippen LogP contribution in [-0.4, -0.2) is 43.4 Å². The Morgan fingerprint density at radius 1 is 1.35 bits per heavy atom. The number of carbonyl (C=O) groups excluding carboxylic acids is 2. The van der Waals surface area contributed by atoms with Gasteiger partial charge in [0.25, 0.3) is 17.2 Å². The lowest BCUT2D eigenvalue weighted by Gasteiger charge is -2.26. The quantitative estimate of drug-likeness (QED) is 0.326. The maximum absolute atomic E-state index is 12.4. The van der Waals surface area contributed by atoms with Crippen molar-refractivity contribution < 1.29 is 14.5 Å². The summed E-state index contributed by atoms with van der Waals surface area (Å²) < 4.78 is 0.953. The third-order valence-electron chi connectivity index (χ3n) is 3.93. The minimum atomic E-state index is -0.770. The van der Waals surface area contributed by atoms with Gasteiger partial charge in [-0.2, -0.15) is 15.0 Å². The summed E-state index contributed by atoms with van der Waals surface area (Å²) in [6.07, 6.45) is 1.55. The third-order valence-corrected chi connectivity index (χ3v) is 3.93. The molecule has 3 rings (SSSR count). The van der Waals surface area contributed by atoms with Gasteiger partial charge in [-0.3, -0.25) is 24.6 Å². The second-order valence-electron chi connectivity index (χ2n) is 5.44. The third kappa shape index (κ3) is 2.49. The van der Waals surface area contributed by atoms with Crippen LogP contribution >= 0.6 is 0 Å². The Morgan fingerprint density at radius 3 is 2.69 bits per heavy atom. The number of nitro groups is 1. The van der Waals surface area contributed by atoms with Crippen LogP contribution in [0.5, 0.6) is 0 Å². The van der Waals surface area contributed by atoms with Gasteiger partial charge in [0.05, 0.1) is 16.5 Å². The van der Waals surface area contributed by atoms with Crippen molar-refractivity contribution in [2.45, 2.75) is 12.8 Å². The average Bonchev–Trinajstić information content (AvgIpc) is 2.64. The van der Waals surface area contributed by atoms with Gasteiger partial charge in [0.2, 0.25) is 12.1 Å². The number of carbonyl (C=O) groups is 2. The molecule has 1 aliphatic heterocycles. The highest BCUT2D eigenvalue weighted by Crippen LogP contribution is 2.25. The summed E-state index contributed by atoms with van der Waals surface area (Å²) in [6, 6.07) is 5.64. The molecule has 1 unspecified atom stereocenters. The van der Waals surface area contributed by atoms with Crippen molar-refractivity contribution in [2.75, 3.05) is 7.05 Å². The molecule has 0 aliphatic carbocycles. The molecule has 0 saturated carbocycles. The Labute approximate surface area is 146 Å². The molecule has 2 heterocycles. The zero-order chi connectivity index (χ0) is 19.0. The summed E-state index contributed by atoms with van der Waals surface area (Å²) in [5.74, 6) is -1.93. The van der Waals surface area contributed by atoms with Crippen molar-refractivity contribution in [1.29, 1.82) is 5.26 Å². The molecule has 130 valence electrons. The number of benzene rings is 1. The van der Waals surface area contributed by atoms with Crippen LogP contribution in [0.2, 0.25) is 0 Å². The first-order valence-electron chi connectivity index (χ1n) is 7.36. The number of aromatic nitrogens is 3. The number of fused-ring (bicyclic) bond motifs is 1. The lowest BCUT2D eigenvalue weighted by atomic mass is 9.99. The zero-order valence-electron chi connectivity index (χ0n) is 13.7. The summed E-state index contributed by atoms with van der Waals surface area (Å²) >= 11 is 0. The van der Waals surface area contributed by atoms with Crippen LogP contribution in [-0.2, 0) is 4.79 Å². The first-order valence-corrected chi connectivity index (χ1v) is 7.36. The number of rotatable bonds is 2. The van der Waals surface area contributed by atoms with Crippen molar-refractivity contribution in [3.05, 3.63) is 51.4 Å². The molecule has 1 atom stereocenters. The molecule has 1 aromatic heterocycles. The van der Waals surface area contributed by atoms with Crippen molar-refractivity contribution in [3.8, 4) is 11.9 Å². The van der Waals surface area contributed by atoms with Crippen LogP contribution in [0.1, 0.15) is 29.0 Å². The molecule has 0 bridgehead atoms. The number of hydrogen-bond donors (Lipinski definition) is 0. The van der Waals surface area contributed by atoms with E-state index in [1.807, 2.05) is 0 Å². The summed E-state index contributed by atoms with van der Waals surface area (Å²) in [7, 11) is 1.31. The van der Waals surface area contributed by atoms with Gasteiger partial charge in [-0.25, -0.2) is 4.98 Å². The van der Waals surface area contributed by atoms with Crippen LogP contribution in [0, 0.1) is 21.6 Å². The number of amides is 2. The molecule has 2 aromatic rings. The van der Waals surface area contributed by atoms with Gasteiger partial charge in [-0.1, -0.05) is 12.1 Å². The highest BCUT2D eigenvalue weighted by Gasteiger charge is 2.37. The Balaban J connectivity index is 2.38. The van der Waals surface area contributed by atoms with Gasteiger partial charge in [-0.15, -0.1) is 4.99 Å². The van der Waals surface area contributed by atoms with E-state index in [0.29, 0.717) is 0 Å². The normalized spacial score (nSPS) is 17.0. The van der Waals surface area contributed by atoms with Gasteiger partial charge in [0, 0.05) is 13.1 Å². The van der Waals surface area contributed by atoms with Crippen LogP contribution in [0.4, 0.5) is 5.69 Å². The molecule has 0 spiro atoms. The van der Waals surface area contributed by atoms with E-state index in [1.54, 1.807) is 13.1 Å². The number of hydrogen-bond acceptors (Lipinski definition) is 8. The predicted octanol–water partition coefficient (Wildman–Crippen LogP) is 0.273. The highest BCUT2D eigenvalue weighted by atomic mass is 16.6. The van der Waals surface area contributed by atoms with Crippen molar-refractivity contribution in [3.63, 3.8) is 0 Å². The Morgan fingerprint density at radius 2 is 2.04 bits per heavy atom. The van der Waals surface area contributed by atoms with E-state index in [2.05, 4.69) is 15.1 Å². The van der Waals surface area contributed by atoms with E-state index >= 15 is 0 Å². The van der Waals surface area contributed by atoms with Crippen LogP contribution < -0.4 is 5.62 Å². The van der Waals surface area contributed by atoms with E-state index in [4.69, 9.17) is 5.26 Å². The van der Waals surface area contributed by atoms with Gasteiger partial charge in [0.15, 0.2) is 5.69 Å². The number of likely N-dealkylation sites (N-methyl/N-ethyl adjacent to an activating group) is 1. The molecule has 11 nitrogen and oxygen atoms in total. The molecule has 1 aliphatic rings.